The van der Waals surface area contributed by atoms with Crippen molar-refractivity contribution >= 4 is 29.3 Å². The predicted molar refractivity (Wildman–Crippen MR) is 90.6 cm³/mol. The van der Waals surface area contributed by atoms with Crippen LogP contribution in [0.1, 0.15) is 33.0 Å². The summed E-state index contributed by atoms with van der Waals surface area (Å²) in [6.45, 7) is 2.56. The lowest BCUT2D eigenvalue weighted by atomic mass is 10.1. The van der Waals surface area contributed by atoms with Gasteiger partial charge in [0.1, 0.15) is 0 Å². The number of nitrogens with zero attached hydrogens (tertiary/aromatic N) is 1. The monoisotopic (exact) mass is 330 g/mol. The van der Waals surface area contributed by atoms with Crippen LogP contribution in [0.25, 0.3) is 6.08 Å². The molecule has 2 N–H and O–H groups in total. The van der Waals surface area contributed by atoms with Crippen molar-refractivity contribution in [2.45, 2.75) is 19.8 Å². The van der Waals surface area contributed by atoms with Crippen molar-refractivity contribution in [2.24, 2.45) is 0 Å². The fourth-order valence-electron chi connectivity index (χ4n) is 1.94. The van der Waals surface area contributed by atoms with Crippen molar-refractivity contribution in [1.82, 2.24) is 10.3 Å². The first-order valence-corrected chi connectivity index (χ1v) is 8.13. The van der Waals surface area contributed by atoms with Gasteiger partial charge in [0.2, 0.25) is 5.91 Å². The van der Waals surface area contributed by atoms with E-state index in [-0.39, 0.29) is 11.5 Å². The van der Waals surface area contributed by atoms with E-state index in [0.29, 0.717) is 6.54 Å². The average molecular weight is 330 g/mol. The van der Waals surface area contributed by atoms with E-state index in [9.17, 15) is 9.59 Å². The van der Waals surface area contributed by atoms with Gasteiger partial charge in [0.25, 0.3) is 0 Å². The van der Waals surface area contributed by atoms with E-state index in [0.717, 1.165) is 29.1 Å². The minimum absolute atomic E-state index is 0.164. The van der Waals surface area contributed by atoms with Gasteiger partial charge in [0.15, 0.2) is 0 Å². The molecule has 1 heterocycles. The zero-order valence-electron chi connectivity index (χ0n) is 12.8. The Morgan fingerprint density at radius 3 is 2.65 bits per heavy atom. The van der Waals surface area contributed by atoms with Crippen LogP contribution in [0, 0.1) is 6.92 Å². The second kappa shape index (κ2) is 8.24. The molecule has 0 atom stereocenters. The highest BCUT2D eigenvalue weighted by Gasteiger charge is 2.01. The van der Waals surface area contributed by atoms with Crippen LogP contribution >= 0.6 is 11.3 Å². The smallest absolute Gasteiger partial charge is 0.335 e. The van der Waals surface area contributed by atoms with E-state index >= 15 is 0 Å². The van der Waals surface area contributed by atoms with Gasteiger partial charge in [-0.15, -0.1) is 11.3 Å². The number of aryl methyl sites for hydroxylation is 2. The Kier molecular flexibility index (Phi) is 6.05. The van der Waals surface area contributed by atoms with E-state index in [1.807, 2.05) is 12.3 Å². The average Bonchev–Trinajstić information content (AvgIpc) is 2.95. The van der Waals surface area contributed by atoms with Gasteiger partial charge in [-0.3, -0.25) is 4.79 Å². The van der Waals surface area contributed by atoms with Crippen molar-refractivity contribution in [3.63, 3.8) is 0 Å². The highest BCUT2D eigenvalue weighted by molar-refractivity contribution is 7.09. The lowest BCUT2D eigenvalue weighted by Crippen LogP contribution is -2.22. The molecular weight excluding hydrogens is 312 g/mol. The molecule has 0 unspecified atom stereocenters. The molecule has 1 aromatic carbocycles. The standard InChI is InChI=1S/C17H18N2O3S/c1-12-11-23-16(19-12)3-2-10-18-15(20)9-6-13-4-7-14(8-5-13)17(21)22/h4-9,11H,2-3,10H2,1H3,(H,18,20)(H,21,22). The number of thiazole rings is 1. The molecule has 0 radical (unpaired) electrons. The quantitative estimate of drug-likeness (QED) is 0.604. The number of benzene rings is 1. The highest BCUT2D eigenvalue weighted by atomic mass is 32.1. The summed E-state index contributed by atoms with van der Waals surface area (Å²) >= 11 is 1.64. The third kappa shape index (κ3) is 5.67. The van der Waals surface area contributed by atoms with Crippen LogP contribution in [0.15, 0.2) is 35.7 Å². The molecule has 6 heteroatoms. The molecule has 0 fully saturated rings. The summed E-state index contributed by atoms with van der Waals surface area (Å²) in [7, 11) is 0. The van der Waals surface area contributed by atoms with Crippen molar-refractivity contribution in [3.05, 3.63) is 57.6 Å². The topological polar surface area (TPSA) is 79.3 Å². The summed E-state index contributed by atoms with van der Waals surface area (Å²) in [6.07, 6.45) is 4.81. The van der Waals surface area contributed by atoms with Crippen LogP contribution in [0.4, 0.5) is 0 Å². The van der Waals surface area contributed by atoms with E-state index < -0.39 is 5.97 Å². The summed E-state index contributed by atoms with van der Waals surface area (Å²) in [4.78, 5) is 26.8. The molecule has 0 saturated heterocycles. The molecular formula is C17H18N2O3S. The van der Waals surface area contributed by atoms with Gasteiger partial charge in [-0.1, -0.05) is 12.1 Å². The molecule has 2 aromatic rings. The Hall–Kier alpha value is -2.47. The van der Waals surface area contributed by atoms with Gasteiger partial charge in [-0.25, -0.2) is 9.78 Å². The van der Waals surface area contributed by atoms with E-state index in [2.05, 4.69) is 10.3 Å². The van der Waals surface area contributed by atoms with Gasteiger partial charge in [-0.2, -0.15) is 0 Å². The Morgan fingerprint density at radius 1 is 1.30 bits per heavy atom. The number of amides is 1. The Labute approximate surface area is 138 Å². The molecule has 0 bridgehead atoms. The van der Waals surface area contributed by atoms with Crippen molar-refractivity contribution in [2.75, 3.05) is 6.54 Å². The normalized spacial score (nSPS) is 10.8. The summed E-state index contributed by atoms with van der Waals surface area (Å²) in [5, 5.41) is 14.7. The molecule has 120 valence electrons. The fraction of sp³-hybridized carbons (Fsp3) is 0.235. The largest absolute Gasteiger partial charge is 0.478 e. The van der Waals surface area contributed by atoms with Gasteiger partial charge in [0.05, 0.1) is 10.6 Å². The summed E-state index contributed by atoms with van der Waals surface area (Å²) < 4.78 is 0. The van der Waals surface area contributed by atoms with E-state index in [1.165, 1.54) is 18.2 Å². The third-order valence-electron chi connectivity index (χ3n) is 3.12. The summed E-state index contributed by atoms with van der Waals surface area (Å²) in [6, 6.07) is 6.35. The number of carboxylic acid groups (broad SMARTS) is 1. The Balaban J connectivity index is 1.72. The Bertz CT molecular complexity index is 705. The summed E-state index contributed by atoms with van der Waals surface area (Å²) in [5.74, 6) is -1.13. The maximum atomic E-state index is 11.7. The number of carbonyl (C=O) groups excluding carboxylic acids is 1. The molecule has 1 amide bonds. The SMILES string of the molecule is Cc1csc(CCCNC(=O)C=Cc2ccc(C(=O)O)cc2)n1. The first-order chi connectivity index (χ1) is 11.0. The third-order valence-corrected chi connectivity index (χ3v) is 4.14. The highest BCUT2D eigenvalue weighted by Crippen LogP contribution is 2.10. The molecule has 0 saturated carbocycles. The number of hydrogen-bond acceptors (Lipinski definition) is 4. The molecule has 1 aromatic heterocycles. The molecule has 0 aliphatic carbocycles. The molecule has 0 aliphatic rings. The van der Waals surface area contributed by atoms with E-state index in [1.54, 1.807) is 29.5 Å². The maximum absolute atomic E-state index is 11.7. The molecule has 5 nitrogen and oxygen atoms in total. The van der Waals surface area contributed by atoms with Crippen LogP contribution < -0.4 is 5.32 Å². The second-order valence-electron chi connectivity index (χ2n) is 5.04. The van der Waals surface area contributed by atoms with Gasteiger partial charge < -0.3 is 10.4 Å². The van der Waals surface area contributed by atoms with E-state index in [4.69, 9.17) is 5.11 Å². The van der Waals surface area contributed by atoms with Crippen molar-refractivity contribution < 1.29 is 14.7 Å². The first-order valence-electron chi connectivity index (χ1n) is 7.25. The Morgan fingerprint density at radius 2 is 2.04 bits per heavy atom. The fourth-order valence-corrected chi connectivity index (χ4v) is 2.75. The lowest BCUT2D eigenvalue weighted by molar-refractivity contribution is -0.116. The number of aromatic nitrogens is 1. The summed E-state index contributed by atoms with van der Waals surface area (Å²) in [5.41, 5.74) is 2.04. The number of aromatic carboxylic acids is 1. The molecule has 0 aliphatic heterocycles. The van der Waals surface area contributed by atoms with Crippen LogP contribution in [0.2, 0.25) is 0 Å². The van der Waals surface area contributed by atoms with Crippen LogP contribution in [-0.4, -0.2) is 28.5 Å². The van der Waals surface area contributed by atoms with Crippen molar-refractivity contribution in [1.29, 1.82) is 0 Å². The number of carboxylic acids is 1. The predicted octanol–water partition coefficient (Wildman–Crippen LogP) is 2.91. The second-order valence-corrected chi connectivity index (χ2v) is 5.98. The number of hydrogen-bond donors (Lipinski definition) is 2. The van der Waals surface area contributed by atoms with Crippen LogP contribution in [0.3, 0.4) is 0 Å². The molecule has 23 heavy (non-hydrogen) atoms. The number of nitrogens with one attached hydrogen (secondary N) is 1. The molecule has 0 spiro atoms. The van der Waals surface area contributed by atoms with Gasteiger partial charge in [0, 0.05) is 30.1 Å². The number of carbonyl (C=O) groups is 2. The lowest BCUT2D eigenvalue weighted by Gasteiger charge is -2.01. The van der Waals surface area contributed by atoms with Gasteiger partial charge in [-0.05, 0) is 37.1 Å². The minimum atomic E-state index is -0.964. The first kappa shape index (κ1) is 16.9. The minimum Gasteiger partial charge on any atom is -0.478 e. The molecule has 2 rings (SSSR count). The van der Waals surface area contributed by atoms with Gasteiger partial charge >= 0.3 is 5.97 Å². The number of rotatable bonds is 7. The van der Waals surface area contributed by atoms with Crippen molar-refractivity contribution in [3.8, 4) is 0 Å². The maximum Gasteiger partial charge on any atom is 0.335 e. The zero-order chi connectivity index (χ0) is 16.7. The van der Waals surface area contributed by atoms with Crippen LogP contribution in [-0.2, 0) is 11.2 Å². The van der Waals surface area contributed by atoms with Crippen LogP contribution in [0.5, 0.6) is 0 Å². The zero-order valence-corrected chi connectivity index (χ0v) is 13.6.